The molecule has 0 amide bonds. The monoisotopic (exact) mass is 625 g/mol. The minimum absolute atomic E-state index is 0.0133. The lowest BCUT2D eigenvalue weighted by Crippen LogP contribution is -2.27. The van der Waals surface area contributed by atoms with Crippen molar-refractivity contribution < 1.29 is 37.3 Å². The van der Waals surface area contributed by atoms with Gasteiger partial charge < -0.3 is 23.9 Å². The fourth-order valence-corrected chi connectivity index (χ4v) is 5.79. The standard InChI is InChI=1S/C30H26F3N5O5S/c1-30(2)14-42-12-22(30)38-21-9-15(28(39)40)7-8-20(21)34-23(38)11-16-18(31)10-17(27(33)26(16)32)19-5-4-6-24(35-19)43-13-25-36-37-29(41-3)44-25/h4-10,22H,11-14H2,1-3H3,(H,39,40)/t22-/m1/s1. The average molecular weight is 626 g/mol. The van der Waals surface area contributed by atoms with Gasteiger partial charge in [-0.3, -0.25) is 0 Å². The Hall–Kier alpha value is -4.56. The first-order valence-corrected chi connectivity index (χ1v) is 14.3. The molecular weight excluding hydrogens is 599 g/mol. The number of nitrogens with zero attached hydrogens (tertiary/aromatic N) is 5. The van der Waals surface area contributed by atoms with Crippen LogP contribution in [0.25, 0.3) is 22.3 Å². The second kappa shape index (κ2) is 11.5. The number of carboxylic acids is 1. The van der Waals surface area contributed by atoms with Crippen molar-refractivity contribution in [2.75, 3.05) is 20.3 Å². The van der Waals surface area contributed by atoms with E-state index in [1.807, 2.05) is 13.8 Å². The Balaban J connectivity index is 1.35. The van der Waals surface area contributed by atoms with E-state index in [0.717, 1.165) is 6.07 Å². The number of imidazole rings is 1. The number of carbonyl (C=O) groups is 1. The molecule has 1 atom stereocenters. The number of ether oxygens (including phenoxy) is 3. The summed E-state index contributed by atoms with van der Waals surface area (Å²) in [5.41, 5.74) is -0.358. The number of rotatable bonds is 9. The number of pyridine rings is 1. The number of fused-ring (bicyclic) bond motifs is 1. The highest BCUT2D eigenvalue weighted by molar-refractivity contribution is 7.13. The molecule has 10 nitrogen and oxygen atoms in total. The van der Waals surface area contributed by atoms with E-state index in [-0.39, 0.29) is 54.2 Å². The summed E-state index contributed by atoms with van der Waals surface area (Å²) in [5, 5.41) is 18.2. The second-order valence-corrected chi connectivity index (χ2v) is 12.0. The Bertz CT molecular complexity index is 1890. The minimum atomic E-state index is -1.37. The topological polar surface area (TPSA) is 121 Å². The molecule has 0 bridgehead atoms. The third-order valence-electron chi connectivity index (χ3n) is 7.53. The molecule has 0 spiro atoms. The van der Waals surface area contributed by atoms with Gasteiger partial charge in [0.15, 0.2) is 16.6 Å². The number of hydrogen-bond donors (Lipinski definition) is 1. The lowest BCUT2D eigenvalue weighted by atomic mass is 9.87. The third-order valence-corrected chi connectivity index (χ3v) is 8.39. The quantitative estimate of drug-likeness (QED) is 0.201. The first-order valence-electron chi connectivity index (χ1n) is 13.5. The molecule has 1 saturated heterocycles. The van der Waals surface area contributed by atoms with E-state index >= 15 is 13.2 Å². The molecule has 3 aromatic heterocycles. The summed E-state index contributed by atoms with van der Waals surface area (Å²) < 4.78 is 64.9. The van der Waals surface area contributed by atoms with Gasteiger partial charge in [0.2, 0.25) is 5.88 Å². The molecule has 14 heteroatoms. The van der Waals surface area contributed by atoms with Crippen molar-refractivity contribution in [3.63, 3.8) is 0 Å². The van der Waals surface area contributed by atoms with Crippen molar-refractivity contribution in [3.05, 3.63) is 81.9 Å². The van der Waals surface area contributed by atoms with Crippen molar-refractivity contribution in [2.45, 2.75) is 32.9 Å². The Morgan fingerprint density at radius 3 is 2.66 bits per heavy atom. The van der Waals surface area contributed by atoms with Gasteiger partial charge in [0.05, 0.1) is 48.7 Å². The Kier molecular flexibility index (Phi) is 7.72. The van der Waals surface area contributed by atoms with Crippen LogP contribution in [0.15, 0.2) is 42.5 Å². The van der Waals surface area contributed by atoms with Gasteiger partial charge in [0.25, 0.3) is 5.19 Å². The summed E-state index contributed by atoms with van der Waals surface area (Å²) >= 11 is 1.18. The fourth-order valence-electron chi connectivity index (χ4n) is 5.23. The summed E-state index contributed by atoms with van der Waals surface area (Å²) in [7, 11) is 1.46. The van der Waals surface area contributed by atoms with Crippen LogP contribution in [0.5, 0.6) is 11.1 Å². The molecule has 0 saturated carbocycles. The van der Waals surface area contributed by atoms with E-state index in [1.165, 1.54) is 48.8 Å². The van der Waals surface area contributed by atoms with Crippen LogP contribution in [-0.4, -0.2) is 56.1 Å². The first-order chi connectivity index (χ1) is 21.1. The molecule has 1 aliphatic heterocycles. The summed E-state index contributed by atoms with van der Waals surface area (Å²) in [5.74, 6) is -4.42. The maximum absolute atomic E-state index is 15.6. The number of methoxy groups -OCH3 is 1. The summed E-state index contributed by atoms with van der Waals surface area (Å²) in [6.45, 7) is 4.68. The van der Waals surface area contributed by atoms with Gasteiger partial charge in [-0.15, -0.1) is 5.10 Å². The number of carboxylic acid groups (broad SMARTS) is 1. The van der Waals surface area contributed by atoms with Crippen LogP contribution < -0.4 is 9.47 Å². The summed E-state index contributed by atoms with van der Waals surface area (Å²) in [4.78, 5) is 20.5. The van der Waals surface area contributed by atoms with Crippen molar-refractivity contribution in [2.24, 2.45) is 5.41 Å². The van der Waals surface area contributed by atoms with Crippen LogP contribution in [-0.2, 0) is 17.8 Å². The number of halogens is 3. The second-order valence-electron chi connectivity index (χ2n) is 10.9. The van der Waals surface area contributed by atoms with Crippen LogP contribution in [0.1, 0.15) is 46.6 Å². The van der Waals surface area contributed by atoms with Crippen LogP contribution >= 0.6 is 11.3 Å². The molecule has 0 radical (unpaired) electrons. The number of aromatic nitrogens is 5. The van der Waals surface area contributed by atoms with E-state index in [2.05, 4.69) is 20.2 Å². The summed E-state index contributed by atoms with van der Waals surface area (Å²) in [6, 6.07) is 9.48. The van der Waals surface area contributed by atoms with Gasteiger partial charge >= 0.3 is 5.97 Å². The molecule has 4 heterocycles. The zero-order valence-corrected chi connectivity index (χ0v) is 24.6. The molecular formula is C30H26F3N5O5S. The average Bonchev–Trinajstić information content (AvgIpc) is 3.71. The normalized spacial score (nSPS) is 16.0. The Morgan fingerprint density at radius 2 is 1.95 bits per heavy atom. The van der Waals surface area contributed by atoms with Crippen LogP contribution in [0.3, 0.4) is 0 Å². The van der Waals surface area contributed by atoms with Crippen LogP contribution in [0.2, 0.25) is 0 Å². The highest BCUT2D eigenvalue weighted by Gasteiger charge is 2.39. The van der Waals surface area contributed by atoms with Crippen molar-refractivity contribution >= 4 is 28.3 Å². The van der Waals surface area contributed by atoms with E-state index in [0.29, 0.717) is 27.8 Å². The van der Waals surface area contributed by atoms with Crippen molar-refractivity contribution in [1.29, 1.82) is 0 Å². The molecule has 6 rings (SSSR count). The van der Waals surface area contributed by atoms with Crippen LogP contribution in [0, 0.1) is 22.9 Å². The fraction of sp³-hybridized carbons (Fsp3) is 0.300. The van der Waals surface area contributed by atoms with Gasteiger partial charge in [-0.1, -0.05) is 36.3 Å². The highest BCUT2D eigenvalue weighted by Crippen LogP contribution is 2.41. The molecule has 0 unspecified atom stereocenters. The molecule has 0 aliphatic carbocycles. The Morgan fingerprint density at radius 1 is 1.14 bits per heavy atom. The maximum atomic E-state index is 15.6. The van der Waals surface area contributed by atoms with Gasteiger partial charge in [-0.2, -0.15) is 0 Å². The number of benzene rings is 2. The number of aromatic carboxylic acids is 1. The molecule has 5 aromatic rings. The van der Waals surface area contributed by atoms with E-state index in [4.69, 9.17) is 14.2 Å². The van der Waals surface area contributed by atoms with E-state index in [1.54, 1.807) is 10.6 Å². The predicted molar refractivity (Wildman–Crippen MR) is 153 cm³/mol. The molecule has 228 valence electrons. The molecule has 44 heavy (non-hydrogen) atoms. The number of hydrogen-bond acceptors (Lipinski definition) is 9. The lowest BCUT2D eigenvalue weighted by molar-refractivity contribution is 0.0697. The van der Waals surface area contributed by atoms with Crippen molar-refractivity contribution in [1.82, 2.24) is 24.7 Å². The maximum Gasteiger partial charge on any atom is 0.335 e. The largest absolute Gasteiger partial charge is 0.478 e. The zero-order chi connectivity index (χ0) is 31.2. The van der Waals surface area contributed by atoms with Gasteiger partial charge in [-0.05, 0) is 30.3 Å². The van der Waals surface area contributed by atoms with E-state index in [9.17, 15) is 9.90 Å². The van der Waals surface area contributed by atoms with Gasteiger partial charge in [0.1, 0.15) is 18.2 Å². The molecule has 1 fully saturated rings. The first kappa shape index (κ1) is 29.5. The third kappa shape index (κ3) is 5.46. The molecule has 1 N–H and O–H groups in total. The van der Waals surface area contributed by atoms with Crippen molar-refractivity contribution in [3.8, 4) is 22.3 Å². The Labute approximate surface area is 253 Å². The molecule has 2 aromatic carbocycles. The smallest absolute Gasteiger partial charge is 0.335 e. The highest BCUT2D eigenvalue weighted by atomic mass is 32.1. The predicted octanol–water partition coefficient (Wildman–Crippen LogP) is 5.84. The van der Waals surface area contributed by atoms with E-state index < -0.39 is 34.4 Å². The lowest BCUT2D eigenvalue weighted by Gasteiger charge is -2.28. The van der Waals surface area contributed by atoms with Gasteiger partial charge in [-0.25, -0.2) is 27.9 Å². The molecule has 1 aliphatic rings. The SMILES string of the molecule is COc1nnc(COc2cccc(-c3cc(F)c(Cc4nc5ccc(C(=O)O)cc5n4[C@@H]4COCC4(C)C)c(F)c3F)n2)s1. The minimum Gasteiger partial charge on any atom is -0.478 e. The summed E-state index contributed by atoms with van der Waals surface area (Å²) in [6.07, 6.45) is -0.388. The van der Waals surface area contributed by atoms with Gasteiger partial charge in [0, 0.05) is 29.0 Å². The zero-order valence-electron chi connectivity index (χ0n) is 23.8. The van der Waals surface area contributed by atoms with Crippen LogP contribution in [0.4, 0.5) is 13.2 Å².